The van der Waals surface area contributed by atoms with Crippen LogP contribution >= 0.6 is 11.6 Å². The number of esters is 1. The standard InChI is InChI=1S/C20H19ClFN3O6/c1-12(19(27)24-15-8-9-16(22)17(11-15)25(29)30)31-18(26)3-2-10-23-20(28)13-4-6-14(21)7-5-13/h4-9,11-12H,2-3,10H2,1H3,(H,23,28)(H,24,27). The molecular formula is C20H19ClFN3O6. The van der Waals surface area contributed by atoms with Crippen molar-refractivity contribution in [1.82, 2.24) is 5.32 Å². The van der Waals surface area contributed by atoms with Crippen molar-refractivity contribution in [2.45, 2.75) is 25.9 Å². The third-order valence-electron chi connectivity index (χ3n) is 4.04. The highest BCUT2D eigenvalue weighted by Crippen LogP contribution is 2.21. The fourth-order valence-electron chi connectivity index (χ4n) is 2.42. The lowest BCUT2D eigenvalue weighted by Crippen LogP contribution is -2.30. The summed E-state index contributed by atoms with van der Waals surface area (Å²) in [5.41, 5.74) is -0.368. The Hall–Kier alpha value is -3.53. The summed E-state index contributed by atoms with van der Waals surface area (Å²) in [5.74, 6) is -2.74. The van der Waals surface area contributed by atoms with E-state index in [1.54, 1.807) is 24.3 Å². The van der Waals surface area contributed by atoms with Crippen LogP contribution in [0.2, 0.25) is 5.02 Å². The van der Waals surface area contributed by atoms with E-state index in [1.165, 1.54) is 6.92 Å². The van der Waals surface area contributed by atoms with Crippen molar-refractivity contribution in [3.8, 4) is 0 Å². The number of amides is 2. The Labute approximate surface area is 181 Å². The Bertz CT molecular complexity index is 983. The molecule has 0 radical (unpaired) electrons. The van der Waals surface area contributed by atoms with E-state index in [-0.39, 0.29) is 31.0 Å². The fourth-order valence-corrected chi connectivity index (χ4v) is 2.55. The van der Waals surface area contributed by atoms with Crippen molar-refractivity contribution in [2.24, 2.45) is 0 Å². The number of halogens is 2. The molecule has 0 saturated carbocycles. The average Bonchev–Trinajstić information content (AvgIpc) is 2.72. The van der Waals surface area contributed by atoms with Gasteiger partial charge >= 0.3 is 11.7 Å². The van der Waals surface area contributed by atoms with E-state index in [0.717, 1.165) is 18.2 Å². The van der Waals surface area contributed by atoms with Gasteiger partial charge in [-0.3, -0.25) is 24.5 Å². The number of nitro groups is 1. The molecule has 0 fully saturated rings. The Morgan fingerprint density at radius 1 is 1.19 bits per heavy atom. The minimum absolute atomic E-state index is 0.00842. The monoisotopic (exact) mass is 451 g/mol. The van der Waals surface area contributed by atoms with Gasteiger partial charge in [0.15, 0.2) is 6.10 Å². The van der Waals surface area contributed by atoms with Gasteiger partial charge in [0.25, 0.3) is 11.8 Å². The van der Waals surface area contributed by atoms with Crippen molar-refractivity contribution in [3.63, 3.8) is 0 Å². The second-order valence-corrected chi connectivity index (χ2v) is 6.85. The molecule has 2 rings (SSSR count). The van der Waals surface area contributed by atoms with Crippen molar-refractivity contribution in [2.75, 3.05) is 11.9 Å². The number of hydrogen-bond acceptors (Lipinski definition) is 6. The van der Waals surface area contributed by atoms with Gasteiger partial charge in [0.2, 0.25) is 5.82 Å². The lowest BCUT2D eigenvalue weighted by Gasteiger charge is -2.13. The number of benzene rings is 2. The summed E-state index contributed by atoms with van der Waals surface area (Å²) in [6, 6.07) is 9.19. The molecule has 2 amide bonds. The number of rotatable bonds is 9. The van der Waals surface area contributed by atoms with Gasteiger partial charge in [-0.05, 0) is 49.7 Å². The molecule has 1 unspecified atom stereocenters. The quantitative estimate of drug-likeness (QED) is 0.260. The van der Waals surface area contributed by atoms with Crippen LogP contribution in [0.5, 0.6) is 0 Å². The zero-order valence-electron chi connectivity index (χ0n) is 16.4. The molecule has 0 spiro atoms. The molecule has 0 aliphatic rings. The van der Waals surface area contributed by atoms with Gasteiger partial charge in [-0.1, -0.05) is 11.6 Å². The van der Waals surface area contributed by atoms with Gasteiger partial charge in [0.05, 0.1) is 4.92 Å². The number of nitrogens with one attached hydrogen (secondary N) is 2. The Morgan fingerprint density at radius 2 is 1.87 bits per heavy atom. The topological polar surface area (TPSA) is 128 Å². The van der Waals surface area contributed by atoms with Crippen LogP contribution in [0.3, 0.4) is 0 Å². The summed E-state index contributed by atoms with van der Waals surface area (Å²) in [7, 11) is 0. The molecule has 164 valence electrons. The molecule has 0 bridgehead atoms. The normalized spacial score (nSPS) is 11.3. The number of anilines is 1. The molecule has 2 aromatic rings. The highest BCUT2D eigenvalue weighted by atomic mass is 35.5. The number of hydrogen-bond donors (Lipinski definition) is 2. The van der Waals surface area contributed by atoms with Crippen LogP contribution in [-0.2, 0) is 14.3 Å². The molecule has 0 saturated heterocycles. The van der Waals surface area contributed by atoms with E-state index in [9.17, 15) is 28.9 Å². The first-order valence-electron chi connectivity index (χ1n) is 9.15. The SMILES string of the molecule is CC(OC(=O)CCCNC(=O)c1ccc(Cl)cc1)C(=O)Nc1ccc(F)c([N+](=O)[O-])c1. The summed E-state index contributed by atoms with van der Waals surface area (Å²) >= 11 is 5.76. The molecule has 2 aromatic carbocycles. The van der Waals surface area contributed by atoms with Gasteiger partial charge in [-0.2, -0.15) is 4.39 Å². The third kappa shape index (κ3) is 7.34. The van der Waals surface area contributed by atoms with Gasteiger partial charge in [0.1, 0.15) is 0 Å². The highest BCUT2D eigenvalue weighted by molar-refractivity contribution is 6.30. The number of nitro benzene ring substituents is 1. The van der Waals surface area contributed by atoms with Gasteiger partial charge in [-0.15, -0.1) is 0 Å². The predicted molar refractivity (Wildman–Crippen MR) is 110 cm³/mol. The average molecular weight is 452 g/mol. The first-order valence-corrected chi connectivity index (χ1v) is 9.53. The second kappa shape index (κ2) is 11.0. The fraction of sp³-hybridized carbons (Fsp3) is 0.250. The second-order valence-electron chi connectivity index (χ2n) is 6.41. The largest absolute Gasteiger partial charge is 0.453 e. The first-order chi connectivity index (χ1) is 14.7. The van der Waals surface area contributed by atoms with Gasteiger partial charge in [-0.25, -0.2) is 0 Å². The van der Waals surface area contributed by atoms with Gasteiger partial charge in [0, 0.05) is 35.3 Å². The maximum atomic E-state index is 13.3. The van der Waals surface area contributed by atoms with Crippen molar-refractivity contribution >= 4 is 40.8 Å². The van der Waals surface area contributed by atoms with E-state index in [0.29, 0.717) is 10.6 Å². The number of ether oxygens (including phenoxy) is 1. The molecule has 0 aliphatic carbocycles. The summed E-state index contributed by atoms with van der Waals surface area (Å²) in [6.45, 7) is 1.55. The van der Waals surface area contributed by atoms with E-state index in [2.05, 4.69) is 10.6 Å². The molecule has 11 heteroatoms. The van der Waals surface area contributed by atoms with Crippen LogP contribution in [0.15, 0.2) is 42.5 Å². The van der Waals surface area contributed by atoms with Crippen LogP contribution in [0.4, 0.5) is 15.8 Å². The van der Waals surface area contributed by atoms with E-state index >= 15 is 0 Å². The molecule has 0 aromatic heterocycles. The molecule has 2 N–H and O–H groups in total. The number of carbonyl (C=O) groups is 3. The highest BCUT2D eigenvalue weighted by Gasteiger charge is 2.20. The van der Waals surface area contributed by atoms with Crippen molar-refractivity contribution in [3.05, 3.63) is 69.0 Å². The maximum Gasteiger partial charge on any atom is 0.306 e. The molecule has 1 atom stereocenters. The third-order valence-corrected chi connectivity index (χ3v) is 4.29. The van der Waals surface area contributed by atoms with Crippen LogP contribution < -0.4 is 10.6 Å². The Morgan fingerprint density at radius 3 is 2.52 bits per heavy atom. The summed E-state index contributed by atoms with van der Waals surface area (Å²) in [5, 5.41) is 16.2. The summed E-state index contributed by atoms with van der Waals surface area (Å²) in [4.78, 5) is 45.8. The van der Waals surface area contributed by atoms with Crippen LogP contribution in [0, 0.1) is 15.9 Å². The molecule has 31 heavy (non-hydrogen) atoms. The maximum absolute atomic E-state index is 13.3. The van der Waals surface area contributed by atoms with Crippen molar-refractivity contribution < 1.29 is 28.4 Å². The minimum Gasteiger partial charge on any atom is -0.453 e. The summed E-state index contributed by atoms with van der Waals surface area (Å²) < 4.78 is 18.3. The van der Waals surface area contributed by atoms with E-state index < -0.39 is 34.4 Å². The lowest BCUT2D eigenvalue weighted by atomic mass is 10.2. The Balaban J connectivity index is 1.74. The van der Waals surface area contributed by atoms with E-state index in [4.69, 9.17) is 16.3 Å². The lowest BCUT2D eigenvalue weighted by molar-refractivity contribution is -0.387. The molecule has 9 nitrogen and oxygen atoms in total. The predicted octanol–water partition coefficient (Wildman–Crippen LogP) is 3.47. The molecule has 0 heterocycles. The molecule has 0 aliphatic heterocycles. The Kier molecular flexibility index (Phi) is 8.44. The van der Waals surface area contributed by atoms with E-state index in [1.807, 2.05) is 0 Å². The number of nitrogens with zero attached hydrogens (tertiary/aromatic N) is 1. The van der Waals surface area contributed by atoms with Crippen LogP contribution in [0.25, 0.3) is 0 Å². The zero-order valence-corrected chi connectivity index (χ0v) is 17.1. The molecular weight excluding hydrogens is 433 g/mol. The minimum atomic E-state index is -1.18. The first kappa shape index (κ1) is 23.7. The van der Waals surface area contributed by atoms with Crippen LogP contribution in [-0.4, -0.2) is 35.4 Å². The summed E-state index contributed by atoms with van der Waals surface area (Å²) in [6.07, 6.45) is -0.933. The van der Waals surface area contributed by atoms with Crippen LogP contribution in [0.1, 0.15) is 30.1 Å². The smallest absolute Gasteiger partial charge is 0.306 e. The van der Waals surface area contributed by atoms with Crippen molar-refractivity contribution in [1.29, 1.82) is 0 Å². The zero-order chi connectivity index (χ0) is 23.0. The van der Waals surface area contributed by atoms with Gasteiger partial charge < -0.3 is 15.4 Å². The number of carbonyl (C=O) groups excluding carboxylic acids is 3.